The Morgan fingerprint density at radius 2 is 1.94 bits per heavy atom. The Labute approximate surface area is 189 Å². The molecule has 2 heterocycles. The maximum Gasteiger partial charge on any atom is 0.239 e. The van der Waals surface area contributed by atoms with E-state index in [2.05, 4.69) is 0 Å². The number of nitriles is 1. The molecule has 0 spiro atoms. The number of amides is 1. The van der Waals surface area contributed by atoms with Crippen molar-refractivity contribution in [2.75, 3.05) is 14.2 Å². The molecule has 162 valence electrons. The normalized spacial score (nSPS) is 20.6. The van der Waals surface area contributed by atoms with Gasteiger partial charge in [-0.1, -0.05) is 12.1 Å². The van der Waals surface area contributed by atoms with Gasteiger partial charge < -0.3 is 10.5 Å². The van der Waals surface area contributed by atoms with Crippen molar-refractivity contribution in [3.63, 3.8) is 0 Å². The van der Waals surface area contributed by atoms with E-state index in [9.17, 15) is 9.18 Å². The number of nitrogens with zero attached hydrogens (tertiary/aromatic N) is 3. The molecule has 0 unspecified atom stereocenters. The van der Waals surface area contributed by atoms with Crippen LogP contribution in [0.4, 0.5) is 4.39 Å². The third-order valence-corrected chi connectivity index (χ3v) is 6.89. The van der Waals surface area contributed by atoms with Gasteiger partial charge in [0.05, 0.1) is 24.7 Å². The maximum atomic E-state index is 14.0. The second-order valence-electron chi connectivity index (χ2n) is 7.76. The summed E-state index contributed by atoms with van der Waals surface area (Å²) in [4.78, 5) is 20.2. The molecule has 2 aromatic carbocycles. The zero-order valence-electron chi connectivity index (χ0n) is 17.8. The molecule has 0 saturated carbocycles. The van der Waals surface area contributed by atoms with E-state index in [1.54, 1.807) is 32.4 Å². The highest BCUT2D eigenvalue weighted by molar-refractivity contribution is 7.10. The molecular weight excluding hydrogens is 427 g/mol. The molecule has 2 N–H and O–H groups in total. The number of hydrogen-bond acceptors (Lipinski definition) is 6. The summed E-state index contributed by atoms with van der Waals surface area (Å²) < 4.78 is 19.2. The summed E-state index contributed by atoms with van der Waals surface area (Å²) >= 11 is 1.42. The van der Waals surface area contributed by atoms with Crippen molar-refractivity contribution in [2.45, 2.75) is 18.4 Å². The van der Waals surface area contributed by atoms with Crippen LogP contribution in [0.3, 0.4) is 0 Å². The minimum absolute atomic E-state index is 0.134. The minimum atomic E-state index is -0.962. The van der Waals surface area contributed by atoms with Crippen LogP contribution in [0.15, 0.2) is 58.9 Å². The first-order chi connectivity index (χ1) is 15.3. The molecule has 0 bridgehead atoms. The van der Waals surface area contributed by atoms with Crippen LogP contribution in [-0.4, -0.2) is 30.9 Å². The van der Waals surface area contributed by atoms with E-state index >= 15 is 0 Å². The Morgan fingerprint density at radius 3 is 2.59 bits per heavy atom. The standard InChI is InChI=1S/C24H21FN4O2S/c1-24(20-11-17(13-32-20)16-8-14(12-26)9-18(25)10-16)21(22(30)29(2)23(27)28-24)15-4-6-19(31-3)7-5-15/h4-11,13,21H,1-3H3,(H2,27,28)/t21-,24-/m1/s1. The van der Waals surface area contributed by atoms with Crippen molar-refractivity contribution in [2.24, 2.45) is 10.7 Å². The summed E-state index contributed by atoms with van der Waals surface area (Å²) in [6.07, 6.45) is 0. The third kappa shape index (κ3) is 3.61. The van der Waals surface area contributed by atoms with Gasteiger partial charge in [0.15, 0.2) is 5.96 Å². The molecule has 0 saturated heterocycles. The number of aliphatic imine (C=N–C) groups is 1. The maximum absolute atomic E-state index is 14.0. The van der Waals surface area contributed by atoms with Gasteiger partial charge in [0.25, 0.3) is 0 Å². The highest BCUT2D eigenvalue weighted by Crippen LogP contribution is 2.47. The van der Waals surface area contributed by atoms with Crippen LogP contribution in [0.25, 0.3) is 11.1 Å². The van der Waals surface area contributed by atoms with Crippen molar-refractivity contribution >= 4 is 23.2 Å². The van der Waals surface area contributed by atoms with Gasteiger partial charge >= 0.3 is 0 Å². The molecule has 8 heteroatoms. The number of rotatable bonds is 4. The van der Waals surface area contributed by atoms with E-state index in [1.165, 1.54) is 28.4 Å². The van der Waals surface area contributed by atoms with Crippen molar-refractivity contribution in [3.8, 4) is 22.9 Å². The predicted octanol–water partition coefficient (Wildman–Crippen LogP) is 4.22. The summed E-state index contributed by atoms with van der Waals surface area (Å²) in [6, 6.07) is 15.4. The average molecular weight is 449 g/mol. The number of likely N-dealkylation sites (N-methyl/N-ethyl adjacent to an activating group) is 1. The van der Waals surface area contributed by atoms with Gasteiger partial charge in [0.2, 0.25) is 5.91 Å². The fourth-order valence-electron chi connectivity index (χ4n) is 3.96. The number of carbonyl (C=O) groups is 1. The van der Waals surface area contributed by atoms with E-state index in [-0.39, 0.29) is 17.4 Å². The molecule has 4 rings (SSSR count). The van der Waals surface area contributed by atoms with Crippen molar-refractivity contribution < 1.29 is 13.9 Å². The number of nitrogens with two attached hydrogens (primary N) is 1. The van der Waals surface area contributed by atoms with Gasteiger partial charge in [-0.3, -0.25) is 9.69 Å². The van der Waals surface area contributed by atoms with Crippen molar-refractivity contribution in [1.82, 2.24) is 4.90 Å². The number of guanidine groups is 1. The first-order valence-electron chi connectivity index (χ1n) is 9.83. The molecule has 0 fully saturated rings. The molecule has 6 nitrogen and oxygen atoms in total. The molecule has 1 aliphatic heterocycles. The zero-order valence-corrected chi connectivity index (χ0v) is 18.6. The highest BCUT2D eigenvalue weighted by atomic mass is 32.1. The van der Waals surface area contributed by atoms with Gasteiger partial charge in [-0.05, 0) is 65.4 Å². The van der Waals surface area contributed by atoms with E-state index in [4.69, 9.17) is 20.7 Å². The molecule has 1 aliphatic rings. The molecule has 1 amide bonds. The zero-order chi connectivity index (χ0) is 23.0. The minimum Gasteiger partial charge on any atom is -0.497 e. The Hall–Kier alpha value is -3.70. The van der Waals surface area contributed by atoms with Gasteiger partial charge in [-0.2, -0.15) is 5.26 Å². The third-order valence-electron chi connectivity index (χ3n) is 5.74. The van der Waals surface area contributed by atoms with Crippen LogP contribution in [0.2, 0.25) is 0 Å². The van der Waals surface area contributed by atoms with E-state index in [0.29, 0.717) is 11.3 Å². The Balaban J connectivity index is 1.83. The monoisotopic (exact) mass is 448 g/mol. The molecule has 32 heavy (non-hydrogen) atoms. The molecule has 1 aromatic heterocycles. The topological polar surface area (TPSA) is 91.7 Å². The number of ether oxygens (including phenoxy) is 1. The van der Waals surface area contributed by atoms with Crippen LogP contribution < -0.4 is 10.5 Å². The highest BCUT2D eigenvalue weighted by Gasteiger charge is 2.48. The predicted molar refractivity (Wildman–Crippen MR) is 122 cm³/mol. The van der Waals surface area contributed by atoms with E-state index in [1.807, 2.05) is 36.6 Å². The second-order valence-corrected chi connectivity index (χ2v) is 8.67. The molecule has 0 aliphatic carbocycles. The van der Waals surface area contributed by atoms with Gasteiger partial charge in [0.1, 0.15) is 17.1 Å². The first kappa shape index (κ1) is 21.5. The second kappa shape index (κ2) is 8.09. The molecular formula is C24H21FN4O2S. The summed E-state index contributed by atoms with van der Waals surface area (Å²) in [5.41, 5.74) is 7.50. The van der Waals surface area contributed by atoms with Crippen LogP contribution in [0.1, 0.15) is 28.8 Å². The van der Waals surface area contributed by atoms with Gasteiger partial charge in [-0.15, -0.1) is 11.3 Å². The largest absolute Gasteiger partial charge is 0.497 e. The van der Waals surface area contributed by atoms with E-state index in [0.717, 1.165) is 16.0 Å². The fourth-order valence-corrected chi connectivity index (χ4v) is 5.01. The molecule has 2 atom stereocenters. The SMILES string of the molecule is COc1ccc([C@@H]2C(=O)N(C)C(N)=N[C@]2(C)c2cc(-c3cc(F)cc(C#N)c3)cs2)cc1. The molecule has 3 aromatic rings. The molecule has 0 radical (unpaired) electrons. The number of halogens is 1. The lowest BCUT2D eigenvalue weighted by Gasteiger charge is -2.40. The fraction of sp³-hybridized carbons (Fsp3) is 0.208. The lowest BCUT2D eigenvalue weighted by atomic mass is 9.77. The van der Waals surface area contributed by atoms with Crippen LogP contribution in [0, 0.1) is 17.1 Å². The summed E-state index contributed by atoms with van der Waals surface area (Å²) in [6.45, 7) is 1.88. The summed E-state index contributed by atoms with van der Waals surface area (Å²) in [7, 11) is 3.19. The lowest BCUT2D eigenvalue weighted by molar-refractivity contribution is -0.130. The van der Waals surface area contributed by atoms with Gasteiger partial charge in [0, 0.05) is 11.9 Å². The Kier molecular flexibility index (Phi) is 5.45. The number of benzene rings is 2. The number of thiophene rings is 1. The quantitative estimate of drug-likeness (QED) is 0.647. The number of carbonyl (C=O) groups excluding carboxylic acids is 1. The summed E-state index contributed by atoms with van der Waals surface area (Å²) in [5.74, 6) is -0.439. The van der Waals surface area contributed by atoms with E-state index < -0.39 is 17.3 Å². The number of methoxy groups -OCH3 is 1. The lowest BCUT2D eigenvalue weighted by Crippen LogP contribution is -2.52. The first-order valence-corrected chi connectivity index (χ1v) is 10.7. The van der Waals surface area contributed by atoms with Crippen molar-refractivity contribution in [3.05, 3.63) is 75.7 Å². The number of hydrogen-bond donors (Lipinski definition) is 1. The Bertz CT molecular complexity index is 1260. The van der Waals surface area contributed by atoms with Crippen LogP contribution >= 0.6 is 11.3 Å². The van der Waals surface area contributed by atoms with Crippen LogP contribution in [0.5, 0.6) is 5.75 Å². The Morgan fingerprint density at radius 1 is 1.22 bits per heavy atom. The van der Waals surface area contributed by atoms with Gasteiger partial charge in [-0.25, -0.2) is 9.38 Å². The average Bonchev–Trinajstić information content (AvgIpc) is 3.29. The van der Waals surface area contributed by atoms with Crippen molar-refractivity contribution in [1.29, 1.82) is 5.26 Å². The smallest absolute Gasteiger partial charge is 0.239 e. The van der Waals surface area contributed by atoms with Crippen LogP contribution in [-0.2, 0) is 10.3 Å². The summed E-state index contributed by atoms with van der Waals surface area (Å²) in [5, 5.41) is 11.0.